The summed E-state index contributed by atoms with van der Waals surface area (Å²) in [5, 5.41) is 2.10. The van der Waals surface area contributed by atoms with Gasteiger partial charge in [-0.2, -0.15) is 0 Å². The third-order valence-electron chi connectivity index (χ3n) is 3.47. The van der Waals surface area contributed by atoms with E-state index < -0.39 is 4.83 Å². The Balaban J connectivity index is 1.93. The predicted molar refractivity (Wildman–Crippen MR) is 111 cm³/mol. The van der Waals surface area contributed by atoms with Crippen molar-refractivity contribution in [1.29, 1.82) is 0 Å². The Labute approximate surface area is 173 Å². The number of halogens is 4. The van der Waals surface area contributed by atoms with Crippen molar-refractivity contribution < 1.29 is 9.53 Å². The van der Waals surface area contributed by atoms with Gasteiger partial charge < -0.3 is 4.74 Å². The molecule has 0 N–H and O–H groups in total. The van der Waals surface area contributed by atoms with E-state index in [2.05, 4.69) is 63.7 Å². The van der Waals surface area contributed by atoms with Gasteiger partial charge in [-0.25, -0.2) is 0 Å². The number of hydrogen-bond donors (Lipinski definition) is 0. The number of rotatable bonds is 3. The molecule has 0 bridgehead atoms. The SMILES string of the molecule is O=C(Oc1c(Br)cc(Br)cc1Br)[C@@H](Br)c1cccc2ccccc12. The second kappa shape index (κ2) is 7.68. The topological polar surface area (TPSA) is 26.3 Å². The van der Waals surface area contributed by atoms with Crippen molar-refractivity contribution in [2.75, 3.05) is 0 Å². The first-order chi connectivity index (χ1) is 11.5. The molecule has 1 atom stereocenters. The largest absolute Gasteiger partial charge is 0.423 e. The minimum atomic E-state index is -0.564. The second-order valence-corrected chi connectivity index (χ2v) is 8.59. The van der Waals surface area contributed by atoms with E-state index >= 15 is 0 Å². The lowest BCUT2D eigenvalue weighted by atomic mass is 10.0. The molecule has 3 rings (SSSR count). The summed E-state index contributed by atoms with van der Waals surface area (Å²) in [7, 11) is 0. The Hall–Kier alpha value is -0.690. The Morgan fingerprint density at radius 3 is 2.25 bits per heavy atom. The molecule has 0 spiro atoms. The number of fused-ring (bicyclic) bond motifs is 1. The lowest BCUT2D eigenvalue weighted by Gasteiger charge is -2.14. The molecule has 0 aromatic heterocycles. The number of carbonyl (C=O) groups excluding carboxylic acids is 1. The molecular formula is C18H10Br4O2. The molecule has 0 aliphatic carbocycles. The van der Waals surface area contributed by atoms with Crippen LogP contribution in [0.3, 0.4) is 0 Å². The lowest BCUT2D eigenvalue weighted by Crippen LogP contribution is -2.15. The van der Waals surface area contributed by atoms with Gasteiger partial charge in [0, 0.05) is 4.47 Å². The average molecular weight is 578 g/mol. The fourth-order valence-corrected chi connectivity index (χ4v) is 5.29. The van der Waals surface area contributed by atoms with E-state index in [1.807, 2.05) is 54.6 Å². The second-order valence-electron chi connectivity index (χ2n) is 5.05. The average Bonchev–Trinajstić information content (AvgIpc) is 2.56. The molecule has 3 aromatic rings. The third-order valence-corrected chi connectivity index (χ3v) is 5.97. The fraction of sp³-hybridized carbons (Fsp3) is 0.0556. The van der Waals surface area contributed by atoms with Crippen molar-refractivity contribution in [1.82, 2.24) is 0 Å². The number of esters is 1. The van der Waals surface area contributed by atoms with Gasteiger partial charge in [0.2, 0.25) is 0 Å². The third kappa shape index (κ3) is 3.77. The van der Waals surface area contributed by atoms with Gasteiger partial charge in [-0.15, -0.1) is 0 Å². The molecule has 122 valence electrons. The van der Waals surface area contributed by atoms with Crippen molar-refractivity contribution >= 4 is 80.5 Å². The highest BCUT2D eigenvalue weighted by Crippen LogP contribution is 2.38. The predicted octanol–water partition coefficient (Wildman–Crippen LogP) is 7.17. The molecule has 3 aromatic carbocycles. The lowest BCUT2D eigenvalue weighted by molar-refractivity contribution is -0.133. The van der Waals surface area contributed by atoms with Gasteiger partial charge in [-0.05, 0) is 60.3 Å². The molecule has 6 heteroatoms. The van der Waals surface area contributed by atoms with Crippen LogP contribution in [-0.4, -0.2) is 5.97 Å². The van der Waals surface area contributed by atoms with Crippen molar-refractivity contribution in [3.05, 3.63) is 73.6 Å². The Morgan fingerprint density at radius 2 is 1.54 bits per heavy atom. The fourth-order valence-electron chi connectivity index (χ4n) is 2.38. The van der Waals surface area contributed by atoms with Gasteiger partial charge in [0.05, 0.1) is 8.95 Å². The van der Waals surface area contributed by atoms with Crippen LogP contribution < -0.4 is 4.74 Å². The van der Waals surface area contributed by atoms with E-state index in [4.69, 9.17) is 4.74 Å². The van der Waals surface area contributed by atoms with Crippen LogP contribution in [0.25, 0.3) is 10.8 Å². The molecule has 0 heterocycles. The van der Waals surface area contributed by atoms with Gasteiger partial charge in [-0.3, -0.25) is 4.79 Å². The zero-order valence-corrected chi connectivity index (χ0v) is 18.4. The summed E-state index contributed by atoms with van der Waals surface area (Å²) in [6.45, 7) is 0. The maximum absolute atomic E-state index is 12.6. The van der Waals surface area contributed by atoms with Crippen LogP contribution in [0.1, 0.15) is 10.4 Å². The Morgan fingerprint density at radius 1 is 0.917 bits per heavy atom. The summed E-state index contributed by atoms with van der Waals surface area (Å²) in [4.78, 5) is 12.1. The monoisotopic (exact) mass is 574 g/mol. The van der Waals surface area contributed by atoms with Crippen LogP contribution in [0.5, 0.6) is 5.75 Å². The standard InChI is InChI=1S/C18H10Br4O2/c19-11-8-14(20)17(15(21)9-11)24-18(23)16(22)13-7-3-5-10-4-1-2-6-12(10)13/h1-9,16H/t16-/m0/s1. The molecule has 0 saturated heterocycles. The number of hydrogen-bond acceptors (Lipinski definition) is 2. The first kappa shape index (κ1) is 18.1. The van der Waals surface area contributed by atoms with Crippen LogP contribution in [0.2, 0.25) is 0 Å². The first-order valence-corrected chi connectivity index (χ1v) is 10.2. The summed E-state index contributed by atoms with van der Waals surface area (Å²) in [5.74, 6) is 0.0722. The number of carbonyl (C=O) groups is 1. The van der Waals surface area contributed by atoms with E-state index in [1.54, 1.807) is 0 Å². The smallest absolute Gasteiger partial charge is 0.329 e. The summed E-state index contributed by atoms with van der Waals surface area (Å²) >= 11 is 13.7. The van der Waals surface area contributed by atoms with E-state index in [1.165, 1.54) is 0 Å². The normalized spacial score (nSPS) is 12.2. The van der Waals surface area contributed by atoms with Crippen molar-refractivity contribution in [2.45, 2.75) is 4.83 Å². The maximum Gasteiger partial charge on any atom is 0.329 e. The van der Waals surface area contributed by atoms with Crippen molar-refractivity contribution in [3.63, 3.8) is 0 Å². The summed E-state index contributed by atoms with van der Waals surface area (Å²) in [6.07, 6.45) is 0. The zero-order valence-electron chi connectivity index (χ0n) is 12.1. The van der Waals surface area contributed by atoms with E-state index in [9.17, 15) is 4.79 Å². The molecule has 0 saturated carbocycles. The molecule has 0 unspecified atom stereocenters. The highest BCUT2D eigenvalue weighted by atomic mass is 79.9. The zero-order chi connectivity index (χ0) is 17.3. The van der Waals surface area contributed by atoms with Gasteiger partial charge in [0.1, 0.15) is 4.83 Å². The molecule has 24 heavy (non-hydrogen) atoms. The van der Waals surface area contributed by atoms with Crippen LogP contribution >= 0.6 is 63.7 Å². The molecule has 0 aliphatic heterocycles. The summed E-state index contributed by atoms with van der Waals surface area (Å²) in [6, 6.07) is 17.5. The molecular weight excluding hydrogens is 568 g/mol. The highest BCUT2D eigenvalue weighted by Gasteiger charge is 2.23. The number of benzene rings is 3. The molecule has 2 nitrogen and oxygen atoms in total. The van der Waals surface area contributed by atoms with Gasteiger partial charge in [0.15, 0.2) is 5.75 Å². The summed E-state index contributed by atoms with van der Waals surface area (Å²) in [5.41, 5.74) is 0.877. The molecule has 0 radical (unpaired) electrons. The Bertz CT molecular complexity index is 896. The van der Waals surface area contributed by atoms with Crippen LogP contribution in [0.4, 0.5) is 0 Å². The highest BCUT2D eigenvalue weighted by molar-refractivity contribution is 9.11. The molecule has 0 fully saturated rings. The summed E-state index contributed by atoms with van der Waals surface area (Å²) < 4.78 is 7.85. The first-order valence-electron chi connectivity index (χ1n) is 6.95. The number of alkyl halides is 1. The molecule has 0 aliphatic rings. The number of ether oxygens (including phenoxy) is 1. The minimum Gasteiger partial charge on any atom is -0.423 e. The van der Waals surface area contributed by atoms with Crippen LogP contribution in [0.15, 0.2) is 68.0 Å². The van der Waals surface area contributed by atoms with Crippen molar-refractivity contribution in [3.8, 4) is 5.75 Å². The van der Waals surface area contributed by atoms with Crippen LogP contribution in [-0.2, 0) is 4.79 Å². The van der Waals surface area contributed by atoms with Gasteiger partial charge in [-0.1, -0.05) is 74.3 Å². The Kier molecular flexibility index (Phi) is 5.80. The van der Waals surface area contributed by atoms with Crippen LogP contribution in [0, 0.1) is 0 Å². The van der Waals surface area contributed by atoms with E-state index in [0.29, 0.717) is 14.7 Å². The van der Waals surface area contributed by atoms with E-state index in [0.717, 1.165) is 20.8 Å². The quantitative estimate of drug-likeness (QED) is 0.187. The van der Waals surface area contributed by atoms with Gasteiger partial charge >= 0.3 is 5.97 Å². The molecule has 0 amide bonds. The van der Waals surface area contributed by atoms with Gasteiger partial charge in [0.25, 0.3) is 0 Å². The maximum atomic E-state index is 12.6. The minimum absolute atomic E-state index is 0.380. The van der Waals surface area contributed by atoms with E-state index in [-0.39, 0.29) is 5.97 Å². The van der Waals surface area contributed by atoms with Crippen molar-refractivity contribution in [2.24, 2.45) is 0 Å².